The third kappa shape index (κ3) is 2.12. The molecule has 0 bridgehead atoms. The molecule has 0 atom stereocenters. The van der Waals surface area contributed by atoms with Gasteiger partial charge in [-0.2, -0.15) is 0 Å². The Hall–Kier alpha value is -1.10. The molecule has 0 aromatic carbocycles. The largest absolute Gasteiger partial charge is 0.481 e. The summed E-state index contributed by atoms with van der Waals surface area (Å²) in [6, 6.07) is 0. The van der Waals surface area contributed by atoms with Crippen molar-refractivity contribution in [3.05, 3.63) is 11.6 Å². The van der Waals surface area contributed by atoms with Crippen LogP contribution in [-0.4, -0.2) is 22.6 Å². The first-order chi connectivity index (χ1) is 7.23. The van der Waals surface area contributed by atoms with Crippen LogP contribution in [0, 0.1) is 5.41 Å². The average Bonchev–Trinajstić information content (AvgIpc) is 2.87. The smallest absolute Gasteiger partial charge is 0.311 e. The molecule has 1 saturated carbocycles. The normalized spacial score (nSPS) is 18.9. The molecule has 0 amide bonds. The maximum atomic E-state index is 11.2. The van der Waals surface area contributed by atoms with Crippen LogP contribution in [0.5, 0.6) is 0 Å². The highest BCUT2D eigenvalue weighted by Gasteiger charge is 2.41. The van der Waals surface area contributed by atoms with Crippen LogP contribution in [0.4, 0.5) is 5.13 Å². The first-order valence-corrected chi connectivity index (χ1v) is 5.98. The molecule has 1 fully saturated rings. The van der Waals surface area contributed by atoms with Crippen molar-refractivity contribution in [2.75, 3.05) is 11.9 Å². The van der Waals surface area contributed by atoms with E-state index >= 15 is 0 Å². The quantitative estimate of drug-likeness (QED) is 0.826. The second kappa shape index (κ2) is 4.18. The van der Waals surface area contributed by atoms with E-state index < -0.39 is 11.4 Å². The maximum absolute atomic E-state index is 11.2. The van der Waals surface area contributed by atoms with Gasteiger partial charge in [0.2, 0.25) is 0 Å². The van der Waals surface area contributed by atoms with E-state index in [-0.39, 0.29) is 0 Å². The summed E-state index contributed by atoms with van der Waals surface area (Å²) in [5.41, 5.74) is -0.564. The van der Waals surface area contributed by atoms with Gasteiger partial charge in [0, 0.05) is 18.1 Å². The third-order valence-electron chi connectivity index (χ3n) is 3.02. The van der Waals surface area contributed by atoms with Gasteiger partial charge in [-0.15, -0.1) is 11.3 Å². The van der Waals surface area contributed by atoms with Crippen LogP contribution >= 0.6 is 11.3 Å². The Morgan fingerprint density at radius 3 is 2.87 bits per heavy atom. The molecule has 2 rings (SSSR count). The van der Waals surface area contributed by atoms with Gasteiger partial charge >= 0.3 is 5.97 Å². The van der Waals surface area contributed by atoms with Crippen LogP contribution in [0.25, 0.3) is 0 Å². The lowest BCUT2D eigenvalue weighted by molar-refractivity contribution is -0.147. The standard InChI is InChI=1S/C10H14N2O2S/c13-8(14)10(3-1-2-4-10)7-12-9-11-5-6-15-9/h5-6H,1-4,7H2,(H,11,12)(H,13,14). The van der Waals surface area contributed by atoms with Gasteiger partial charge in [-0.05, 0) is 12.8 Å². The van der Waals surface area contributed by atoms with Crippen molar-refractivity contribution in [1.29, 1.82) is 0 Å². The number of hydrogen-bond acceptors (Lipinski definition) is 4. The van der Waals surface area contributed by atoms with Crippen LogP contribution < -0.4 is 5.32 Å². The summed E-state index contributed by atoms with van der Waals surface area (Å²) < 4.78 is 0. The van der Waals surface area contributed by atoms with E-state index in [0.717, 1.165) is 30.8 Å². The second-order valence-electron chi connectivity index (χ2n) is 3.98. The molecule has 5 heteroatoms. The monoisotopic (exact) mass is 226 g/mol. The Morgan fingerprint density at radius 1 is 1.60 bits per heavy atom. The zero-order chi connectivity index (χ0) is 10.7. The lowest BCUT2D eigenvalue weighted by Crippen LogP contribution is -2.35. The van der Waals surface area contributed by atoms with Gasteiger partial charge in [0.25, 0.3) is 0 Å². The van der Waals surface area contributed by atoms with Gasteiger partial charge in [-0.25, -0.2) is 4.98 Å². The van der Waals surface area contributed by atoms with Crippen LogP contribution in [0.2, 0.25) is 0 Å². The fourth-order valence-corrected chi connectivity index (χ4v) is 2.60. The van der Waals surface area contributed by atoms with Crippen LogP contribution in [0.15, 0.2) is 11.6 Å². The number of carboxylic acid groups (broad SMARTS) is 1. The van der Waals surface area contributed by atoms with E-state index in [1.807, 2.05) is 5.38 Å². The van der Waals surface area contributed by atoms with Crippen molar-refractivity contribution in [1.82, 2.24) is 4.98 Å². The molecule has 0 radical (unpaired) electrons. The number of rotatable bonds is 4. The van der Waals surface area contributed by atoms with Gasteiger partial charge in [-0.3, -0.25) is 4.79 Å². The maximum Gasteiger partial charge on any atom is 0.311 e. The first-order valence-electron chi connectivity index (χ1n) is 5.10. The number of hydrogen-bond donors (Lipinski definition) is 2. The lowest BCUT2D eigenvalue weighted by atomic mass is 9.86. The number of anilines is 1. The lowest BCUT2D eigenvalue weighted by Gasteiger charge is -2.23. The molecule has 15 heavy (non-hydrogen) atoms. The van der Waals surface area contributed by atoms with Crippen LogP contribution in [0.3, 0.4) is 0 Å². The number of aromatic nitrogens is 1. The van der Waals surface area contributed by atoms with Gasteiger partial charge < -0.3 is 10.4 Å². The third-order valence-corrected chi connectivity index (χ3v) is 3.76. The summed E-state index contributed by atoms with van der Waals surface area (Å²) in [6.07, 6.45) is 5.31. The minimum Gasteiger partial charge on any atom is -0.481 e. The molecule has 4 nitrogen and oxygen atoms in total. The molecule has 1 heterocycles. The number of carboxylic acids is 1. The number of nitrogens with one attached hydrogen (secondary N) is 1. The van der Waals surface area contributed by atoms with Crippen LogP contribution in [0.1, 0.15) is 25.7 Å². The molecule has 1 aromatic rings. The Morgan fingerprint density at radius 2 is 2.33 bits per heavy atom. The van der Waals surface area contributed by atoms with Gasteiger partial charge in [-0.1, -0.05) is 12.8 Å². The fourth-order valence-electron chi connectivity index (χ4n) is 2.07. The number of nitrogens with zero attached hydrogens (tertiary/aromatic N) is 1. The predicted molar refractivity (Wildman–Crippen MR) is 59.1 cm³/mol. The molecule has 2 N–H and O–H groups in total. The van der Waals surface area contributed by atoms with Crippen molar-refractivity contribution in [2.45, 2.75) is 25.7 Å². The van der Waals surface area contributed by atoms with E-state index in [4.69, 9.17) is 0 Å². The molecule has 82 valence electrons. The minimum absolute atomic E-state index is 0.496. The van der Waals surface area contributed by atoms with Crippen LogP contribution in [-0.2, 0) is 4.79 Å². The minimum atomic E-state index is -0.677. The van der Waals surface area contributed by atoms with E-state index in [2.05, 4.69) is 10.3 Å². The Kier molecular flexibility index (Phi) is 2.90. The summed E-state index contributed by atoms with van der Waals surface area (Å²) in [4.78, 5) is 15.3. The Labute approximate surface area is 92.3 Å². The van der Waals surface area contributed by atoms with Gasteiger partial charge in [0.05, 0.1) is 5.41 Å². The highest BCUT2D eigenvalue weighted by molar-refractivity contribution is 7.13. The highest BCUT2D eigenvalue weighted by atomic mass is 32.1. The fraction of sp³-hybridized carbons (Fsp3) is 0.600. The number of aliphatic carboxylic acids is 1. The zero-order valence-corrected chi connectivity index (χ0v) is 9.22. The van der Waals surface area contributed by atoms with Crippen molar-refractivity contribution in [3.8, 4) is 0 Å². The number of thiazole rings is 1. The molecule has 1 aromatic heterocycles. The molecule has 1 aliphatic rings. The molecule has 1 aliphatic carbocycles. The Balaban J connectivity index is 1.99. The summed E-state index contributed by atoms with van der Waals surface area (Å²) >= 11 is 1.50. The molecular formula is C10H14N2O2S. The summed E-state index contributed by atoms with van der Waals surface area (Å²) in [5.74, 6) is -0.677. The Bertz CT molecular complexity index is 331. The number of carbonyl (C=O) groups is 1. The molecule has 0 unspecified atom stereocenters. The summed E-state index contributed by atoms with van der Waals surface area (Å²) in [6.45, 7) is 0.496. The molecule has 0 aliphatic heterocycles. The molecule has 0 saturated heterocycles. The molecule has 0 spiro atoms. The summed E-state index contributed by atoms with van der Waals surface area (Å²) in [7, 11) is 0. The molecular weight excluding hydrogens is 212 g/mol. The second-order valence-corrected chi connectivity index (χ2v) is 4.88. The van der Waals surface area contributed by atoms with Crippen molar-refractivity contribution < 1.29 is 9.90 Å². The van der Waals surface area contributed by atoms with Crippen molar-refractivity contribution in [2.24, 2.45) is 5.41 Å². The van der Waals surface area contributed by atoms with E-state index in [0.29, 0.717) is 6.54 Å². The first kappa shape index (κ1) is 10.4. The van der Waals surface area contributed by atoms with Gasteiger partial charge in [0.1, 0.15) is 0 Å². The predicted octanol–water partition coefficient (Wildman–Crippen LogP) is 2.20. The highest BCUT2D eigenvalue weighted by Crippen LogP contribution is 2.38. The SMILES string of the molecule is O=C(O)C1(CNc2nccs2)CCCC1. The van der Waals surface area contributed by atoms with Crippen molar-refractivity contribution >= 4 is 22.4 Å². The summed E-state index contributed by atoms with van der Waals surface area (Å²) in [5, 5.41) is 15.0. The van der Waals surface area contributed by atoms with Gasteiger partial charge in [0.15, 0.2) is 5.13 Å². The van der Waals surface area contributed by atoms with E-state index in [1.54, 1.807) is 6.20 Å². The topological polar surface area (TPSA) is 62.2 Å². The zero-order valence-electron chi connectivity index (χ0n) is 8.40. The average molecular weight is 226 g/mol. The van der Waals surface area contributed by atoms with E-state index in [1.165, 1.54) is 11.3 Å². The van der Waals surface area contributed by atoms with Crippen molar-refractivity contribution in [3.63, 3.8) is 0 Å². The van der Waals surface area contributed by atoms with E-state index in [9.17, 15) is 9.90 Å².